The molecule has 2 aliphatic rings. The standard InChI is InChI=1S/C36H38O2/c37-25-11-23-35(31-17-5-1-13-27(31)28-14-2-6-18-32(28)35)21-9-10-22-36(24-12-26-38)33-19-7-3-15-29(33)30-16-4-8-20-34(30)36/h1-8,13-20,37-38H,9-12,21-26H2. The summed E-state index contributed by atoms with van der Waals surface area (Å²) in [5.74, 6) is 0. The first-order valence-corrected chi connectivity index (χ1v) is 14.4. The molecule has 194 valence electrons. The monoisotopic (exact) mass is 502 g/mol. The zero-order valence-electron chi connectivity index (χ0n) is 22.2. The number of benzene rings is 4. The Hall–Kier alpha value is -3.20. The van der Waals surface area contributed by atoms with Crippen molar-refractivity contribution in [3.05, 3.63) is 119 Å². The molecular formula is C36H38O2. The molecule has 0 atom stereocenters. The van der Waals surface area contributed by atoms with Crippen molar-refractivity contribution < 1.29 is 10.2 Å². The summed E-state index contributed by atoms with van der Waals surface area (Å²) in [7, 11) is 0. The predicted molar refractivity (Wildman–Crippen MR) is 156 cm³/mol. The second-order valence-corrected chi connectivity index (χ2v) is 11.2. The summed E-state index contributed by atoms with van der Waals surface area (Å²) in [5, 5.41) is 19.7. The van der Waals surface area contributed by atoms with Gasteiger partial charge in [-0.1, -0.05) is 110 Å². The van der Waals surface area contributed by atoms with Crippen LogP contribution in [-0.4, -0.2) is 23.4 Å². The van der Waals surface area contributed by atoms with Gasteiger partial charge in [0, 0.05) is 24.0 Å². The maximum absolute atomic E-state index is 9.83. The van der Waals surface area contributed by atoms with E-state index in [0.29, 0.717) is 0 Å². The lowest BCUT2D eigenvalue weighted by Gasteiger charge is -2.35. The van der Waals surface area contributed by atoms with E-state index < -0.39 is 0 Å². The van der Waals surface area contributed by atoms with Crippen LogP contribution in [0.15, 0.2) is 97.1 Å². The molecule has 0 aliphatic heterocycles. The summed E-state index contributed by atoms with van der Waals surface area (Å²) >= 11 is 0. The second-order valence-electron chi connectivity index (χ2n) is 11.2. The van der Waals surface area contributed by atoms with Crippen LogP contribution in [0.3, 0.4) is 0 Å². The molecule has 0 unspecified atom stereocenters. The number of rotatable bonds is 11. The first kappa shape index (κ1) is 25.1. The van der Waals surface area contributed by atoms with E-state index >= 15 is 0 Å². The summed E-state index contributed by atoms with van der Waals surface area (Å²) in [6.45, 7) is 0.452. The highest BCUT2D eigenvalue weighted by Crippen LogP contribution is 2.56. The van der Waals surface area contributed by atoms with Gasteiger partial charge in [0.2, 0.25) is 0 Å². The van der Waals surface area contributed by atoms with Crippen molar-refractivity contribution in [2.24, 2.45) is 0 Å². The number of hydrogen-bond acceptors (Lipinski definition) is 2. The Kier molecular flexibility index (Phi) is 6.95. The first-order valence-electron chi connectivity index (χ1n) is 14.4. The molecule has 2 aliphatic carbocycles. The summed E-state index contributed by atoms with van der Waals surface area (Å²) in [5.41, 5.74) is 11.1. The maximum Gasteiger partial charge on any atom is 0.0431 e. The highest BCUT2D eigenvalue weighted by atomic mass is 16.3. The van der Waals surface area contributed by atoms with E-state index in [1.165, 1.54) is 44.5 Å². The second kappa shape index (κ2) is 10.5. The third-order valence-electron chi connectivity index (χ3n) is 9.33. The Bertz CT molecular complexity index is 1220. The molecule has 4 aromatic carbocycles. The van der Waals surface area contributed by atoms with Gasteiger partial charge in [-0.2, -0.15) is 0 Å². The minimum atomic E-state index is -0.0420. The summed E-state index contributed by atoms with van der Waals surface area (Å²) < 4.78 is 0. The van der Waals surface area contributed by atoms with Crippen molar-refractivity contribution in [2.45, 2.75) is 62.2 Å². The van der Waals surface area contributed by atoms with Crippen LogP contribution >= 0.6 is 0 Å². The average molecular weight is 503 g/mol. The third-order valence-corrected chi connectivity index (χ3v) is 9.33. The van der Waals surface area contributed by atoms with Gasteiger partial charge in [0.15, 0.2) is 0 Å². The molecule has 6 rings (SSSR count). The molecular weight excluding hydrogens is 464 g/mol. The van der Waals surface area contributed by atoms with E-state index in [4.69, 9.17) is 0 Å². The van der Waals surface area contributed by atoms with Gasteiger partial charge in [0.25, 0.3) is 0 Å². The summed E-state index contributed by atoms with van der Waals surface area (Å²) in [4.78, 5) is 0. The Balaban J connectivity index is 1.31. The van der Waals surface area contributed by atoms with E-state index in [9.17, 15) is 10.2 Å². The summed E-state index contributed by atoms with van der Waals surface area (Å²) in [6, 6.07) is 35.7. The van der Waals surface area contributed by atoms with Gasteiger partial charge in [0.1, 0.15) is 0 Å². The lowest BCUT2D eigenvalue weighted by molar-refractivity contribution is 0.260. The van der Waals surface area contributed by atoms with Gasteiger partial charge in [-0.3, -0.25) is 0 Å². The summed E-state index contributed by atoms with van der Waals surface area (Å²) in [6.07, 6.45) is 7.98. The lowest BCUT2D eigenvalue weighted by atomic mass is 9.68. The first-order chi connectivity index (χ1) is 18.7. The Morgan fingerprint density at radius 3 is 0.921 bits per heavy atom. The number of aliphatic hydroxyl groups is 2. The normalized spacial score (nSPS) is 15.5. The zero-order chi connectivity index (χ0) is 26.0. The van der Waals surface area contributed by atoms with Crippen molar-refractivity contribution in [3.63, 3.8) is 0 Å². The van der Waals surface area contributed by atoms with Crippen LogP contribution in [0.2, 0.25) is 0 Å². The Morgan fingerprint density at radius 2 is 0.632 bits per heavy atom. The number of fused-ring (bicyclic) bond motifs is 6. The highest BCUT2D eigenvalue weighted by molar-refractivity contribution is 5.82. The molecule has 0 saturated heterocycles. The highest BCUT2D eigenvalue weighted by Gasteiger charge is 2.44. The minimum absolute atomic E-state index is 0.0420. The van der Waals surface area contributed by atoms with Crippen LogP contribution in [-0.2, 0) is 10.8 Å². The van der Waals surface area contributed by atoms with E-state index in [1.54, 1.807) is 0 Å². The van der Waals surface area contributed by atoms with Gasteiger partial charge in [0.05, 0.1) is 0 Å². The van der Waals surface area contributed by atoms with Crippen LogP contribution < -0.4 is 0 Å². The van der Waals surface area contributed by atoms with Crippen LogP contribution in [0, 0.1) is 0 Å². The predicted octanol–water partition coefficient (Wildman–Crippen LogP) is 8.03. The molecule has 0 amide bonds. The molecule has 4 aromatic rings. The molecule has 0 heterocycles. The smallest absolute Gasteiger partial charge is 0.0431 e. The third kappa shape index (κ3) is 3.94. The topological polar surface area (TPSA) is 40.5 Å². The van der Waals surface area contributed by atoms with E-state index in [-0.39, 0.29) is 24.0 Å². The van der Waals surface area contributed by atoms with Crippen LogP contribution in [0.4, 0.5) is 0 Å². The van der Waals surface area contributed by atoms with Crippen molar-refractivity contribution in [2.75, 3.05) is 13.2 Å². The molecule has 0 radical (unpaired) electrons. The van der Waals surface area contributed by atoms with Crippen LogP contribution in [0.1, 0.15) is 73.6 Å². The SMILES string of the molecule is OCCCC1(CCCCC2(CCCO)c3ccccc3-c3ccccc32)c2ccccc2-c2ccccc21. The number of hydrogen-bond donors (Lipinski definition) is 2. The van der Waals surface area contributed by atoms with Crippen molar-refractivity contribution in [1.29, 1.82) is 0 Å². The minimum Gasteiger partial charge on any atom is -0.396 e. The molecule has 2 heteroatoms. The van der Waals surface area contributed by atoms with E-state index in [1.807, 2.05) is 0 Å². The number of aliphatic hydroxyl groups excluding tert-OH is 2. The van der Waals surface area contributed by atoms with Crippen molar-refractivity contribution >= 4 is 0 Å². The van der Waals surface area contributed by atoms with E-state index in [2.05, 4.69) is 97.1 Å². The van der Waals surface area contributed by atoms with Gasteiger partial charge in [-0.25, -0.2) is 0 Å². The van der Waals surface area contributed by atoms with Gasteiger partial charge < -0.3 is 10.2 Å². The molecule has 0 spiro atoms. The Labute approximate surface area is 227 Å². The van der Waals surface area contributed by atoms with Gasteiger partial charge >= 0.3 is 0 Å². The molecule has 0 fully saturated rings. The zero-order valence-corrected chi connectivity index (χ0v) is 22.2. The van der Waals surface area contributed by atoms with Crippen molar-refractivity contribution in [1.82, 2.24) is 0 Å². The van der Waals surface area contributed by atoms with Crippen molar-refractivity contribution in [3.8, 4) is 22.3 Å². The van der Waals surface area contributed by atoms with Crippen LogP contribution in [0.25, 0.3) is 22.3 Å². The van der Waals surface area contributed by atoms with E-state index in [0.717, 1.165) is 51.4 Å². The van der Waals surface area contributed by atoms with Crippen LogP contribution in [0.5, 0.6) is 0 Å². The molecule has 2 nitrogen and oxygen atoms in total. The largest absolute Gasteiger partial charge is 0.396 e. The fraction of sp³-hybridized carbons (Fsp3) is 0.333. The maximum atomic E-state index is 9.83. The fourth-order valence-corrected chi connectivity index (χ4v) is 7.77. The average Bonchev–Trinajstić information content (AvgIpc) is 3.42. The molecule has 0 aromatic heterocycles. The molecule has 2 N–H and O–H groups in total. The quantitative estimate of drug-likeness (QED) is 0.204. The molecule has 0 bridgehead atoms. The number of unbranched alkanes of at least 4 members (excludes halogenated alkanes) is 1. The molecule has 38 heavy (non-hydrogen) atoms. The fourth-order valence-electron chi connectivity index (χ4n) is 7.77. The molecule has 0 saturated carbocycles. The Morgan fingerprint density at radius 1 is 0.368 bits per heavy atom. The lowest BCUT2D eigenvalue weighted by Crippen LogP contribution is -2.28. The van der Waals surface area contributed by atoms with Gasteiger partial charge in [-0.05, 0) is 83.0 Å². The van der Waals surface area contributed by atoms with Gasteiger partial charge in [-0.15, -0.1) is 0 Å².